The molecule has 0 bridgehead atoms. The quantitative estimate of drug-likeness (QED) is 0.297. The molecule has 0 aliphatic carbocycles. The zero-order valence-corrected chi connectivity index (χ0v) is 20.9. The number of para-hydroxylation sites is 1. The number of benzene rings is 3. The minimum atomic E-state index is -0.422. The van der Waals surface area contributed by atoms with Crippen molar-refractivity contribution in [1.29, 1.82) is 0 Å². The van der Waals surface area contributed by atoms with Gasteiger partial charge in [0.05, 0.1) is 17.3 Å². The number of rotatable bonds is 3. The molecule has 170 valence electrons. The third kappa shape index (κ3) is 3.38. The van der Waals surface area contributed by atoms with Gasteiger partial charge >= 0.3 is 0 Å². The van der Waals surface area contributed by atoms with Crippen LogP contribution in [-0.2, 0) is 0 Å². The summed E-state index contributed by atoms with van der Waals surface area (Å²) in [6.45, 7) is 0. The maximum absolute atomic E-state index is 6.73. The number of anilines is 1. The molecule has 2 atom stereocenters. The van der Waals surface area contributed by atoms with Crippen molar-refractivity contribution in [2.75, 3.05) is 12.4 Å². The summed E-state index contributed by atoms with van der Waals surface area (Å²) in [7, 11) is 1.64. The van der Waals surface area contributed by atoms with E-state index in [1.165, 1.54) is 6.33 Å². The van der Waals surface area contributed by atoms with Crippen LogP contribution in [0.25, 0.3) is 5.70 Å². The summed E-state index contributed by atoms with van der Waals surface area (Å²) in [6.07, 6.45) is 1.11. The fourth-order valence-electron chi connectivity index (χ4n) is 4.56. The molecule has 9 heteroatoms. The Kier molecular flexibility index (Phi) is 5.28. The lowest BCUT2D eigenvalue weighted by atomic mass is 9.84. The lowest BCUT2D eigenvalue weighted by Gasteiger charge is -2.39. The third-order valence-electron chi connectivity index (χ3n) is 6.06. The van der Waals surface area contributed by atoms with Gasteiger partial charge in [0, 0.05) is 21.2 Å². The Morgan fingerprint density at radius 3 is 2.74 bits per heavy atom. The summed E-state index contributed by atoms with van der Waals surface area (Å²) in [4.78, 5) is 4.45. The van der Waals surface area contributed by atoms with E-state index in [0.29, 0.717) is 16.0 Å². The van der Waals surface area contributed by atoms with Crippen molar-refractivity contribution in [2.45, 2.75) is 12.1 Å². The monoisotopic (exact) mass is 554 g/mol. The summed E-state index contributed by atoms with van der Waals surface area (Å²) in [5.41, 5.74) is 4.65. The Hall–Kier alpha value is -3.00. The van der Waals surface area contributed by atoms with Gasteiger partial charge in [0.2, 0.25) is 5.95 Å². The summed E-state index contributed by atoms with van der Waals surface area (Å²) < 4.78 is 14.7. The summed E-state index contributed by atoms with van der Waals surface area (Å²) in [5.74, 6) is 2.15. The highest BCUT2D eigenvalue weighted by Crippen LogP contribution is 2.52. The predicted octanol–water partition coefficient (Wildman–Crippen LogP) is 6.92. The van der Waals surface area contributed by atoms with Crippen LogP contribution in [0.3, 0.4) is 0 Å². The number of ether oxygens (including phenoxy) is 2. The maximum Gasteiger partial charge on any atom is 0.226 e. The van der Waals surface area contributed by atoms with Crippen LogP contribution < -0.4 is 14.8 Å². The highest BCUT2D eigenvalue weighted by Gasteiger charge is 2.41. The van der Waals surface area contributed by atoms with Crippen molar-refractivity contribution in [1.82, 2.24) is 14.8 Å². The van der Waals surface area contributed by atoms with E-state index in [9.17, 15) is 0 Å². The molecular weight excluding hydrogens is 539 g/mol. The molecule has 1 aromatic heterocycles. The van der Waals surface area contributed by atoms with Gasteiger partial charge in [-0.25, -0.2) is 4.68 Å². The predicted molar refractivity (Wildman–Crippen MR) is 136 cm³/mol. The number of hydrogen-bond acceptors (Lipinski definition) is 5. The summed E-state index contributed by atoms with van der Waals surface area (Å²) in [5, 5.41) is 9.13. The Bertz CT molecular complexity index is 1470. The van der Waals surface area contributed by atoms with Gasteiger partial charge < -0.3 is 14.8 Å². The molecule has 0 unspecified atom stereocenters. The molecule has 34 heavy (non-hydrogen) atoms. The van der Waals surface area contributed by atoms with Crippen molar-refractivity contribution in [2.24, 2.45) is 0 Å². The molecule has 2 aliphatic rings. The Morgan fingerprint density at radius 1 is 1.09 bits per heavy atom. The molecule has 0 radical (unpaired) electrons. The zero-order chi connectivity index (χ0) is 23.4. The summed E-state index contributed by atoms with van der Waals surface area (Å²) >= 11 is 16.6. The summed E-state index contributed by atoms with van der Waals surface area (Å²) in [6, 6.07) is 19.0. The van der Waals surface area contributed by atoms with E-state index < -0.39 is 6.10 Å². The molecule has 0 saturated heterocycles. The molecule has 3 aromatic carbocycles. The number of methoxy groups -OCH3 is 1. The van der Waals surface area contributed by atoms with Crippen LogP contribution in [0.15, 0.2) is 77.0 Å². The van der Waals surface area contributed by atoms with E-state index in [2.05, 4.69) is 31.3 Å². The first-order valence-electron chi connectivity index (χ1n) is 10.5. The van der Waals surface area contributed by atoms with Crippen molar-refractivity contribution in [3.63, 3.8) is 0 Å². The lowest BCUT2D eigenvalue weighted by molar-refractivity contribution is 0.223. The average molecular weight is 556 g/mol. The highest BCUT2D eigenvalue weighted by molar-refractivity contribution is 9.10. The molecule has 0 fully saturated rings. The molecule has 2 aliphatic heterocycles. The van der Waals surface area contributed by atoms with Crippen molar-refractivity contribution in [3.8, 4) is 11.5 Å². The van der Waals surface area contributed by atoms with Crippen molar-refractivity contribution >= 4 is 50.8 Å². The maximum atomic E-state index is 6.73. The zero-order valence-electron chi connectivity index (χ0n) is 17.8. The Labute approximate surface area is 214 Å². The number of hydrogen-bond donors (Lipinski definition) is 1. The molecule has 0 spiro atoms. The fraction of sp³-hybridized carbons (Fsp3) is 0.120. The van der Waals surface area contributed by atoms with E-state index in [1.54, 1.807) is 13.2 Å². The van der Waals surface area contributed by atoms with Crippen LogP contribution in [-0.4, -0.2) is 21.9 Å². The van der Waals surface area contributed by atoms with E-state index in [-0.39, 0.29) is 6.04 Å². The fourth-order valence-corrected chi connectivity index (χ4v) is 5.63. The van der Waals surface area contributed by atoms with Gasteiger partial charge in [-0.05, 0) is 63.5 Å². The van der Waals surface area contributed by atoms with Gasteiger partial charge in [-0.1, -0.05) is 47.5 Å². The largest absolute Gasteiger partial charge is 0.496 e. The second-order valence-corrected chi connectivity index (χ2v) is 9.64. The topological polar surface area (TPSA) is 61.2 Å². The van der Waals surface area contributed by atoms with Crippen LogP contribution >= 0.6 is 39.1 Å². The first-order chi connectivity index (χ1) is 16.5. The minimum Gasteiger partial charge on any atom is -0.496 e. The molecule has 0 amide bonds. The van der Waals surface area contributed by atoms with Gasteiger partial charge in [-0.3, -0.25) is 0 Å². The number of fused-ring (bicyclic) bond motifs is 3. The first-order valence-corrected chi connectivity index (χ1v) is 12.0. The van der Waals surface area contributed by atoms with Crippen LogP contribution in [0.5, 0.6) is 11.5 Å². The van der Waals surface area contributed by atoms with Gasteiger partial charge in [0.25, 0.3) is 0 Å². The van der Waals surface area contributed by atoms with E-state index in [0.717, 1.165) is 43.9 Å². The van der Waals surface area contributed by atoms with Crippen LogP contribution in [0.2, 0.25) is 10.0 Å². The van der Waals surface area contributed by atoms with Gasteiger partial charge in [0.15, 0.2) is 0 Å². The van der Waals surface area contributed by atoms with E-state index in [1.807, 2.05) is 59.3 Å². The Balaban J connectivity index is 1.63. The van der Waals surface area contributed by atoms with Gasteiger partial charge in [-0.2, -0.15) is 10.1 Å². The van der Waals surface area contributed by atoms with Crippen LogP contribution in [0, 0.1) is 0 Å². The van der Waals surface area contributed by atoms with Crippen LogP contribution in [0.4, 0.5) is 5.95 Å². The van der Waals surface area contributed by atoms with Gasteiger partial charge in [0.1, 0.15) is 30.0 Å². The van der Waals surface area contributed by atoms with Crippen molar-refractivity contribution < 1.29 is 9.47 Å². The second-order valence-electron chi connectivity index (χ2n) is 7.94. The molecule has 6 rings (SSSR count). The normalized spacial score (nSPS) is 18.4. The highest BCUT2D eigenvalue weighted by atomic mass is 79.9. The van der Waals surface area contributed by atoms with E-state index >= 15 is 0 Å². The molecule has 1 N–H and O–H groups in total. The number of nitrogens with zero attached hydrogens (tertiary/aromatic N) is 3. The number of nitrogens with one attached hydrogen (secondary N) is 1. The standard InChI is InChI=1S/C25H17BrCl2N4O2/c1-33-20-9-6-13(10-17(20)26)24-21-22(16-4-2-3-5-19(16)34-24)31-25-29-12-30-32(25)23(21)15-8-7-14(27)11-18(15)28/h2-12,23-24H,1H3,(H,29,30,31)/t23-,24+/m0/s1. The van der Waals surface area contributed by atoms with E-state index in [4.69, 9.17) is 32.7 Å². The molecule has 4 aromatic rings. The van der Waals surface area contributed by atoms with Gasteiger partial charge in [-0.15, -0.1) is 0 Å². The first kappa shape index (κ1) is 21.5. The molecular formula is C25H17BrCl2N4O2. The Morgan fingerprint density at radius 2 is 1.94 bits per heavy atom. The second kappa shape index (κ2) is 8.34. The molecule has 0 saturated carbocycles. The number of halogens is 3. The molecule has 3 heterocycles. The minimum absolute atomic E-state index is 0.363. The SMILES string of the molecule is COc1ccc([C@H]2Oc3ccccc3C3=C2[C@H](c2ccc(Cl)cc2Cl)n2ncnc2N3)cc1Br. The van der Waals surface area contributed by atoms with Crippen molar-refractivity contribution in [3.05, 3.63) is 104 Å². The number of aromatic nitrogens is 3. The lowest BCUT2D eigenvalue weighted by Crippen LogP contribution is -2.32. The third-order valence-corrected chi connectivity index (χ3v) is 7.24. The average Bonchev–Trinajstić information content (AvgIpc) is 3.31. The molecule has 6 nitrogen and oxygen atoms in total. The van der Waals surface area contributed by atoms with Crippen LogP contribution in [0.1, 0.15) is 28.8 Å². The smallest absolute Gasteiger partial charge is 0.226 e.